The highest BCUT2D eigenvalue weighted by molar-refractivity contribution is 5.78. The molecule has 5 heteroatoms. The Kier molecular flexibility index (Phi) is 4.99. The Balaban J connectivity index is 1.54. The molecular weight excluding hydrogens is 307 g/mol. The second-order valence-corrected chi connectivity index (χ2v) is 5.96. The molecule has 4 nitrogen and oxygen atoms in total. The van der Waals surface area contributed by atoms with Crippen molar-refractivity contribution in [3.05, 3.63) is 60.4 Å². The molecule has 24 heavy (non-hydrogen) atoms. The third kappa shape index (κ3) is 3.85. The zero-order valence-corrected chi connectivity index (χ0v) is 13.7. The molecule has 0 aliphatic carbocycles. The maximum Gasteiger partial charge on any atom is 0.260 e. The topological polar surface area (TPSA) is 32.8 Å². The average Bonchev–Trinajstić information content (AvgIpc) is 2.60. The molecule has 0 radical (unpaired) electrons. The average molecular weight is 328 g/mol. The van der Waals surface area contributed by atoms with Gasteiger partial charge in [-0.1, -0.05) is 24.3 Å². The van der Waals surface area contributed by atoms with E-state index < -0.39 is 0 Å². The van der Waals surface area contributed by atoms with Gasteiger partial charge in [0.2, 0.25) is 0 Å². The second-order valence-electron chi connectivity index (χ2n) is 5.96. The highest BCUT2D eigenvalue weighted by Crippen LogP contribution is 2.20. The van der Waals surface area contributed by atoms with Crippen molar-refractivity contribution in [1.82, 2.24) is 4.90 Å². The van der Waals surface area contributed by atoms with Crippen LogP contribution in [0.1, 0.15) is 6.92 Å². The van der Waals surface area contributed by atoms with E-state index >= 15 is 0 Å². The van der Waals surface area contributed by atoms with Gasteiger partial charge < -0.3 is 14.5 Å². The van der Waals surface area contributed by atoms with Gasteiger partial charge in [-0.3, -0.25) is 4.79 Å². The number of amides is 1. The molecule has 1 aliphatic rings. The third-order valence-electron chi connectivity index (χ3n) is 4.23. The van der Waals surface area contributed by atoms with Gasteiger partial charge in [-0.15, -0.1) is 0 Å². The van der Waals surface area contributed by atoms with Gasteiger partial charge >= 0.3 is 0 Å². The van der Waals surface area contributed by atoms with E-state index in [9.17, 15) is 9.18 Å². The van der Waals surface area contributed by atoms with Crippen molar-refractivity contribution in [3.8, 4) is 5.75 Å². The summed E-state index contributed by atoms with van der Waals surface area (Å²) in [5.74, 6) is -0.0665. The number of halogens is 1. The standard InChI is InChI=1S/C19H21FN2O2/c1-15-13-21(10-11-22(15)17-7-3-2-4-8-17)19(23)14-24-18-9-5-6-16(20)12-18/h2-9,12,15H,10-11,13-14H2,1H3. The number of nitrogens with zero attached hydrogens (tertiary/aromatic N) is 2. The highest BCUT2D eigenvalue weighted by atomic mass is 19.1. The van der Waals surface area contributed by atoms with Gasteiger partial charge in [0.15, 0.2) is 6.61 Å². The first kappa shape index (κ1) is 16.3. The molecule has 0 bridgehead atoms. The largest absolute Gasteiger partial charge is 0.484 e. The molecule has 1 atom stereocenters. The first-order valence-electron chi connectivity index (χ1n) is 8.11. The molecule has 126 valence electrons. The SMILES string of the molecule is CC1CN(C(=O)COc2cccc(F)c2)CCN1c1ccccc1. The van der Waals surface area contributed by atoms with Crippen LogP contribution in [0.3, 0.4) is 0 Å². The Morgan fingerprint density at radius 3 is 2.67 bits per heavy atom. The minimum absolute atomic E-state index is 0.0679. The molecule has 1 aliphatic heterocycles. The lowest BCUT2D eigenvalue weighted by molar-refractivity contribution is -0.134. The third-order valence-corrected chi connectivity index (χ3v) is 4.23. The summed E-state index contributed by atoms with van der Waals surface area (Å²) in [4.78, 5) is 16.4. The Morgan fingerprint density at radius 2 is 1.96 bits per heavy atom. The van der Waals surface area contributed by atoms with Crippen LogP contribution in [0.5, 0.6) is 5.75 Å². The molecule has 2 aromatic rings. The number of hydrogen-bond acceptors (Lipinski definition) is 3. The minimum atomic E-state index is -0.370. The van der Waals surface area contributed by atoms with Crippen molar-refractivity contribution in [3.63, 3.8) is 0 Å². The maximum absolute atomic E-state index is 13.1. The lowest BCUT2D eigenvalue weighted by Crippen LogP contribution is -2.54. The molecule has 0 saturated carbocycles. The highest BCUT2D eigenvalue weighted by Gasteiger charge is 2.26. The van der Waals surface area contributed by atoms with Crippen LogP contribution in [0.2, 0.25) is 0 Å². The normalized spacial score (nSPS) is 17.7. The first-order chi connectivity index (χ1) is 11.6. The van der Waals surface area contributed by atoms with Gasteiger partial charge in [0.25, 0.3) is 5.91 Å². The quantitative estimate of drug-likeness (QED) is 0.865. The van der Waals surface area contributed by atoms with Crippen molar-refractivity contribution < 1.29 is 13.9 Å². The molecule has 0 aromatic heterocycles. The molecule has 1 saturated heterocycles. The van der Waals surface area contributed by atoms with Gasteiger partial charge in [-0.2, -0.15) is 0 Å². The zero-order chi connectivity index (χ0) is 16.9. The van der Waals surface area contributed by atoms with E-state index in [0.29, 0.717) is 18.8 Å². The van der Waals surface area contributed by atoms with Crippen molar-refractivity contribution >= 4 is 11.6 Å². The van der Waals surface area contributed by atoms with Crippen LogP contribution in [-0.2, 0) is 4.79 Å². The van der Waals surface area contributed by atoms with Crippen LogP contribution >= 0.6 is 0 Å². The van der Waals surface area contributed by atoms with E-state index in [1.165, 1.54) is 17.8 Å². The summed E-state index contributed by atoms with van der Waals surface area (Å²) in [6.07, 6.45) is 0. The smallest absolute Gasteiger partial charge is 0.260 e. The van der Waals surface area contributed by atoms with Crippen LogP contribution in [-0.4, -0.2) is 43.1 Å². The summed E-state index contributed by atoms with van der Waals surface area (Å²) in [6, 6.07) is 16.3. The van der Waals surface area contributed by atoms with Crippen LogP contribution in [0.15, 0.2) is 54.6 Å². The Labute approximate surface area is 141 Å². The van der Waals surface area contributed by atoms with Crippen molar-refractivity contribution in [1.29, 1.82) is 0 Å². The summed E-state index contributed by atoms with van der Waals surface area (Å²) in [5, 5.41) is 0. The monoisotopic (exact) mass is 328 g/mol. The van der Waals surface area contributed by atoms with Gasteiger partial charge in [0.1, 0.15) is 11.6 Å². The van der Waals surface area contributed by atoms with E-state index in [2.05, 4.69) is 24.0 Å². The second kappa shape index (κ2) is 7.34. The fraction of sp³-hybridized carbons (Fsp3) is 0.316. The summed E-state index contributed by atoms with van der Waals surface area (Å²) >= 11 is 0. The predicted molar refractivity (Wildman–Crippen MR) is 91.7 cm³/mol. The number of benzene rings is 2. The van der Waals surface area contributed by atoms with Gasteiger partial charge in [-0.25, -0.2) is 4.39 Å². The molecule has 1 amide bonds. The lowest BCUT2D eigenvalue weighted by atomic mass is 10.1. The molecule has 3 rings (SSSR count). The molecular formula is C19H21FN2O2. The summed E-state index contributed by atoms with van der Waals surface area (Å²) < 4.78 is 18.5. The Hall–Kier alpha value is -2.56. The van der Waals surface area contributed by atoms with E-state index in [4.69, 9.17) is 4.74 Å². The van der Waals surface area contributed by atoms with E-state index in [0.717, 1.165) is 6.54 Å². The van der Waals surface area contributed by atoms with Gasteiger partial charge in [-0.05, 0) is 31.2 Å². The van der Waals surface area contributed by atoms with E-state index in [1.807, 2.05) is 23.1 Å². The molecule has 0 spiro atoms. The summed E-state index contributed by atoms with van der Waals surface area (Å²) in [6.45, 7) is 4.14. The molecule has 2 aromatic carbocycles. The summed E-state index contributed by atoms with van der Waals surface area (Å²) in [5.41, 5.74) is 1.17. The van der Waals surface area contributed by atoms with Crippen molar-refractivity contribution in [2.75, 3.05) is 31.1 Å². The van der Waals surface area contributed by atoms with Crippen LogP contribution in [0.4, 0.5) is 10.1 Å². The van der Waals surface area contributed by atoms with Crippen molar-refractivity contribution in [2.45, 2.75) is 13.0 Å². The van der Waals surface area contributed by atoms with Gasteiger partial charge in [0.05, 0.1) is 0 Å². The van der Waals surface area contributed by atoms with E-state index in [-0.39, 0.29) is 24.4 Å². The number of ether oxygens (including phenoxy) is 1. The maximum atomic E-state index is 13.1. The minimum Gasteiger partial charge on any atom is -0.484 e. The number of anilines is 1. The van der Waals surface area contributed by atoms with Crippen molar-refractivity contribution in [2.24, 2.45) is 0 Å². The number of rotatable bonds is 4. The predicted octanol–water partition coefficient (Wildman–Crippen LogP) is 2.94. The van der Waals surface area contributed by atoms with Crippen LogP contribution < -0.4 is 9.64 Å². The number of carbonyl (C=O) groups is 1. The molecule has 1 unspecified atom stereocenters. The Morgan fingerprint density at radius 1 is 1.17 bits per heavy atom. The van der Waals surface area contributed by atoms with E-state index in [1.54, 1.807) is 12.1 Å². The molecule has 1 heterocycles. The fourth-order valence-electron chi connectivity index (χ4n) is 2.98. The number of piperazine rings is 1. The molecule has 0 N–H and O–H groups in total. The number of hydrogen-bond donors (Lipinski definition) is 0. The number of carbonyl (C=O) groups excluding carboxylic acids is 1. The fourth-order valence-corrected chi connectivity index (χ4v) is 2.98. The van der Waals surface area contributed by atoms with Gasteiger partial charge in [0, 0.05) is 37.4 Å². The van der Waals surface area contributed by atoms with Crippen LogP contribution in [0, 0.1) is 5.82 Å². The molecule has 1 fully saturated rings. The Bertz CT molecular complexity index is 693. The van der Waals surface area contributed by atoms with Crippen LogP contribution in [0.25, 0.3) is 0 Å². The lowest BCUT2D eigenvalue weighted by Gasteiger charge is -2.41. The summed E-state index contributed by atoms with van der Waals surface area (Å²) in [7, 11) is 0. The first-order valence-corrected chi connectivity index (χ1v) is 8.11. The number of para-hydroxylation sites is 1. The zero-order valence-electron chi connectivity index (χ0n) is 13.7.